The van der Waals surface area contributed by atoms with Crippen LogP contribution in [0.4, 0.5) is 0 Å². The van der Waals surface area contributed by atoms with E-state index in [-0.39, 0.29) is 12.5 Å². The third-order valence-electron chi connectivity index (χ3n) is 5.30. The van der Waals surface area contributed by atoms with Gasteiger partial charge in [0.15, 0.2) is 5.76 Å². The van der Waals surface area contributed by atoms with Crippen LogP contribution in [0, 0.1) is 11.8 Å². The predicted octanol–water partition coefficient (Wildman–Crippen LogP) is 2.50. The zero-order valence-corrected chi connectivity index (χ0v) is 15.9. The summed E-state index contributed by atoms with van der Waals surface area (Å²) in [6.07, 6.45) is 5.98. The fraction of sp³-hybridized carbons (Fsp3) is 0.571. The lowest BCUT2D eigenvalue weighted by atomic mass is 9.73. The van der Waals surface area contributed by atoms with E-state index in [1.807, 2.05) is 30.3 Å². The summed E-state index contributed by atoms with van der Waals surface area (Å²) in [6.45, 7) is 1.36. The van der Waals surface area contributed by atoms with Gasteiger partial charge < -0.3 is 24.6 Å². The fourth-order valence-corrected chi connectivity index (χ4v) is 3.43. The number of hydrogen-bond donors (Lipinski definition) is 2. The van der Waals surface area contributed by atoms with Crippen molar-refractivity contribution in [1.82, 2.24) is 5.32 Å². The quantitative estimate of drug-likeness (QED) is 0.649. The van der Waals surface area contributed by atoms with Crippen LogP contribution in [0.5, 0.6) is 0 Å². The van der Waals surface area contributed by atoms with E-state index in [0.29, 0.717) is 37.4 Å². The Balaban J connectivity index is 1.59. The van der Waals surface area contributed by atoms with E-state index < -0.39 is 6.29 Å². The van der Waals surface area contributed by atoms with Gasteiger partial charge in [0.1, 0.15) is 0 Å². The van der Waals surface area contributed by atoms with Crippen LogP contribution < -0.4 is 5.32 Å². The Morgan fingerprint density at radius 2 is 2.00 bits per heavy atom. The smallest absolute Gasteiger partial charge is 0.286 e. The van der Waals surface area contributed by atoms with Gasteiger partial charge in [-0.05, 0) is 41.9 Å². The van der Waals surface area contributed by atoms with E-state index in [1.165, 1.54) is 19.3 Å². The molecule has 1 aliphatic carbocycles. The number of nitrogens with one attached hydrogen (secondary N) is 1. The van der Waals surface area contributed by atoms with Crippen molar-refractivity contribution in [1.29, 1.82) is 0 Å². The molecule has 1 fully saturated rings. The predicted molar refractivity (Wildman–Crippen MR) is 100 cm³/mol. The molecule has 0 saturated heterocycles. The largest absolute Gasteiger partial charge is 0.459 e. The third kappa shape index (κ3) is 5.54. The van der Waals surface area contributed by atoms with Gasteiger partial charge in [-0.1, -0.05) is 30.7 Å². The molecule has 148 valence electrons. The number of methoxy groups -OCH3 is 1. The van der Waals surface area contributed by atoms with Crippen molar-refractivity contribution >= 4 is 5.91 Å². The molecule has 1 heterocycles. The van der Waals surface area contributed by atoms with E-state index in [2.05, 4.69) is 5.32 Å². The van der Waals surface area contributed by atoms with Gasteiger partial charge in [-0.3, -0.25) is 4.79 Å². The molecule has 1 aromatic carbocycles. The summed E-state index contributed by atoms with van der Waals surface area (Å²) in [5.74, 6) is 1.08. The summed E-state index contributed by atoms with van der Waals surface area (Å²) in [5, 5.41) is 11.9. The minimum atomic E-state index is -0.429. The first-order valence-electron chi connectivity index (χ1n) is 9.65. The summed E-state index contributed by atoms with van der Waals surface area (Å²) in [6, 6.07) is 7.64. The van der Waals surface area contributed by atoms with Gasteiger partial charge in [0.05, 0.1) is 19.8 Å². The number of carbonyl (C=O) groups is 1. The standard InChI is InChI=1S/C21H29NO5/c1-25-10-9-22-21(24)19-11-18(17-3-2-4-17)12-20(27-19)26-14-16-7-5-15(13-23)6-8-16/h5-8,11,17-18,20,23H,2-4,9-10,12-14H2,1H3,(H,22,24)/t18-,20+/m0/s1. The van der Waals surface area contributed by atoms with Crippen LogP contribution in [0.25, 0.3) is 0 Å². The van der Waals surface area contributed by atoms with Crippen LogP contribution in [0.3, 0.4) is 0 Å². The number of ether oxygens (including phenoxy) is 3. The lowest BCUT2D eigenvalue weighted by molar-refractivity contribution is -0.156. The van der Waals surface area contributed by atoms with E-state index >= 15 is 0 Å². The Morgan fingerprint density at radius 1 is 1.26 bits per heavy atom. The van der Waals surface area contributed by atoms with Crippen LogP contribution in [-0.2, 0) is 32.2 Å². The molecular weight excluding hydrogens is 346 g/mol. The second-order valence-corrected chi connectivity index (χ2v) is 7.20. The summed E-state index contributed by atoms with van der Waals surface area (Å²) in [5.41, 5.74) is 1.88. The Bertz CT molecular complexity index is 638. The molecule has 0 bridgehead atoms. The van der Waals surface area contributed by atoms with Gasteiger partial charge in [0.25, 0.3) is 5.91 Å². The van der Waals surface area contributed by atoms with Crippen molar-refractivity contribution < 1.29 is 24.1 Å². The van der Waals surface area contributed by atoms with Crippen LogP contribution >= 0.6 is 0 Å². The fourth-order valence-electron chi connectivity index (χ4n) is 3.43. The number of aliphatic hydroxyl groups is 1. The SMILES string of the molecule is COCCNC(=O)C1=C[C@H](C2CCC2)C[C@H](OCc2ccc(CO)cc2)O1. The summed E-state index contributed by atoms with van der Waals surface area (Å²) >= 11 is 0. The number of rotatable bonds is 9. The van der Waals surface area contributed by atoms with Crippen molar-refractivity contribution in [2.24, 2.45) is 11.8 Å². The molecule has 1 aliphatic heterocycles. The maximum Gasteiger partial charge on any atom is 0.286 e. The van der Waals surface area contributed by atoms with E-state index in [4.69, 9.17) is 19.3 Å². The molecule has 2 atom stereocenters. The highest BCUT2D eigenvalue weighted by Crippen LogP contribution is 2.40. The monoisotopic (exact) mass is 375 g/mol. The highest BCUT2D eigenvalue weighted by molar-refractivity contribution is 5.91. The van der Waals surface area contributed by atoms with E-state index in [1.54, 1.807) is 7.11 Å². The van der Waals surface area contributed by atoms with Gasteiger partial charge in [-0.2, -0.15) is 0 Å². The van der Waals surface area contributed by atoms with Crippen molar-refractivity contribution in [2.75, 3.05) is 20.3 Å². The summed E-state index contributed by atoms with van der Waals surface area (Å²) < 4.78 is 16.8. The number of aliphatic hydroxyl groups excluding tert-OH is 1. The van der Waals surface area contributed by atoms with Crippen molar-refractivity contribution in [3.63, 3.8) is 0 Å². The Morgan fingerprint density at radius 3 is 2.63 bits per heavy atom. The third-order valence-corrected chi connectivity index (χ3v) is 5.30. The van der Waals surface area contributed by atoms with Gasteiger partial charge >= 0.3 is 0 Å². The van der Waals surface area contributed by atoms with Gasteiger partial charge in [0.2, 0.25) is 6.29 Å². The average molecular weight is 375 g/mol. The topological polar surface area (TPSA) is 77.0 Å². The van der Waals surface area contributed by atoms with Crippen molar-refractivity contribution in [3.05, 3.63) is 47.2 Å². The molecule has 0 unspecified atom stereocenters. The molecule has 2 N–H and O–H groups in total. The molecule has 6 heteroatoms. The average Bonchev–Trinajstić information content (AvgIpc) is 2.65. The zero-order chi connectivity index (χ0) is 19.1. The van der Waals surface area contributed by atoms with Crippen LogP contribution in [-0.4, -0.2) is 37.6 Å². The lowest BCUT2D eigenvalue weighted by Crippen LogP contribution is -2.37. The molecule has 6 nitrogen and oxygen atoms in total. The second kappa shape index (κ2) is 9.88. The molecule has 1 aromatic rings. The van der Waals surface area contributed by atoms with Crippen molar-refractivity contribution in [2.45, 2.75) is 45.2 Å². The molecule has 2 aliphatic rings. The number of carbonyl (C=O) groups excluding carboxylic acids is 1. The molecule has 0 aromatic heterocycles. The van der Waals surface area contributed by atoms with Gasteiger partial charge in [0, 0.05) is 20.1 Å². The number of amides is 1. The molecule has 3 rings (SSSR count). The molecule has 0 spiro atoms. The first-order chi connectivity index (χ1) is 13.2. The maximum atomic E-state index is 12.4. The van der Waals surface area contributed by atoms with Crippen LogP contribution in [0.1, 0.15) is 36.8 Å². The van der Waals surface area contributed by atoms with E-state index in [9.17, 15) is 4.79 Å². The highest BCUT2D eigenvalue weighted by atomic mass is 16.7. The minimum absolute atomic E-state index is 0.0300. The molecular formula is C21H29NO5. The normalized spacial score (nSPS) is 22.5. The summed E-state index contributed by atoms with van der Waals surface area (Å²) in [4.78, 5) is 12.4. The molecule has 1 amide bonds. The number of benzene rings is 1. The Hall–Kier alpha value is -1.89. The number of allylic oxidation sites excluding steroid dienone is 1. The second-order valence-electron chi connectivity index (χ2n) is 7.20. The highest BCUT2D eigenvalue weighted by Gasteiger charge is 2.34. The molecule has 1 saturated carbocycles. The van der Waals surface area contributed by atoms with Gasteiger partial charge in [-0.25, -0.2) is 0 Å². The van der Waals surface area contributed by atoms with Crippen molar-refractivity contribution in [3.8, 4) is 0 Å². The number of hydrogen-bond acceptors (Lipinski definition) is 5. The molecule has 27 heavy (non-hydrogen) atoms. The first-order valence-corrected chi connectivity index (χ1v) is 9.65. The molecule has 0 radical (unpaired) electrons. The maximum absolute atomic E-state index is 12.4. The Labute approximate surface area is 160 Å². The van der Waals surface area contributed by atoms with Crippen LogP contribution in [0.15, 0.2) is 36.1 Å². The lowest BCUT2D eigenvalue weighted by Gasteiger charge is -2.37. The van der Waals surface area contributed by atoms with E-state index in [0.717, 1.165) is 17.5 Å². The van der Waals surface area contributed by atoms with Gasteiger partial charge in [-0.15, -0.1) is 0 Å². The Kier molecular flexibility index (Phi) is 7.26. The minimum Gasteiger partial charge on any atom is -0.459 e. The summed E-state index contributed by atoms with van der Waals surface area (Å²) in [7, 11) is 1.60. The zero-order valence-electron chi connectivity index (χ0n) is 15.9. The van der Waals surface area contributed by atoms with Crippen LogP contribution in [0.2, 0.25) is 0 Å². The first kappa shape index (κ1) is 19.9.